The third-order valence-corrected chi connectivity index (χ3v) is 3.98. The molecule has 18 heavy (non-hydrogen) atoms. The maximum absolute atomic E-state index is 5.90. The number of ether oxygens (including phenoxy) is 1. The van der Waals surface area contributed by atoms with Gasteiger partial charge in [-0.2, -0.15) is 0 Å². The minimum Gasteiger partial charge on any atom is -0.493 e. The summed E-state index contributed by atoms with van der Waals surface area (Å²) in [6.07, 6.45) is 2.99. The first kappa shape index (κ1) is 11.7. The van der Waals surface area contributed by atoms with Crippen LogP contribution < -0.4 is 10.1 Å². The summed E-state index contributed by atoms with van der Waals surface area (Å²) in [7, 11) is 2.00. The highest BCUT2D eigenvalue weighted by Gasteiger charge is 2.23. The van der Waals surface area contributed by atoms with Gasteiger partial charge in [0.25, 0.3) is 0 Å². The van der Waals surface area contributed by atoms with Gasteiger partial charge in [-0.3, -0.25) is 0 Å². The molecule has 3 rings (SSSR count). The van der Waals surface area contributed by atoms with Gasteiger partial charge in [0.15, 0.2) is 0 Å². The highest BCUT2D eigenvalue weighted by molar-refractivity contribution is 7.03. The molecule has 1 atom stereocenters. The molecule has 4 heteroatoms. The summed E-state index contributed by atoms with van der Waals surface area (Å²) in [5, 5.41) is 5.34. The molecular formula is C14H16N2OS. The second-order valence-electron chi connectivity index (χ2n) is 4.53. The molecule has 0 spiro atoms. The molecule has 1 aliphatic rings. The molecule has 1 N–H and O–H groups in total. The zero-order valence-electron chi connectivity index (χ0n) is 10.3. The van der Waals surface area contributed by atoms with Crippen LogP contribution in [0.1, 0.15) is 17.9 Å². The van der Waals surface area contributed by atoms with E-state index >= 15 is 0 Å². The van der Waals surface area contributed by atoms with Crippen LogP contribution in [-0.2, 0) is 0 Å². The van der Waals surface area contributed by atoms with E-state index in [9.17, 15) is 0 Å². The predicted octanol–water partition coefficient (Wildman–Crippen LogP) is 2.90. The smallest absolute Gasteiger partial charge is 0.130 e. The lowest BCUT2D eigenvalue weighted by Crippen LogP contribution is -2.23. The number of hydrogen-bond acceptors (Lipinski definition) is 4. The van der Waals surface area contributed by atoms with Gasteiger partial charge in [-0.25, -0.2) is 4.37 Å². The number of para-hydroxylation sites is 1. The quantitative estimate of drug-likeness (QED) is 0.921. The van der Waals surface area contributed by atoms with E-state index < -0.39 is 0 Å². The zero-order chi connectivity index (χ0) is 12.4. The zero-order valence-corrected chi connectivity index (χ0v) is 11.2. The molecule has 0 fully saturated rings. The number of fused-ring (bicyclic) bond motifs is 1. The van der Waals surface area contributed by atoms with Crippen LogP contribution in [0.25, 0.3) is 11.1 Å². The van der Waals surface area contributed by atoms with Gasteiger partial charge in [-0.05, 0) is 30.6 Å². The Morgan fingerprint density at radius 3 is 3.22 bits per heavy atom. The van der Waals surface area contributed by atoms with Crippen LogP contribution >= 0.6 is 11.5 Å². The fraction of sp³-hybridized carbons (Fsp3) is 0.357. The number of nitrogens with one attached hydrogen (secondary N) is 1. The Hall–Kier alpha value is -1.39. The first-order valence-corrected chi connectivity index (χ1v) is 7.04. The van der Waals surface area contributed by atoms with Crippen LogP contribution in [-0.4, -0.2) is 24.6 Å². The lowest BCUT2D eigenvalue weighted by Gasteiger charge is -2.27. The topological polar surface area (TPSA) is 34.1 Å². The first-order valence-electron chi connectivity index (χ1n) is 6.20. The van der Waals surface area contributed by atoms with Gasteiger partial charge in [0.2, 0.25) is 0 Å². The van der Waals surface area contributed by atoms with Crippen molar-refractivity contribution in [1.29, 1.82) is 0 Å². The van der Waals surface area contributed by atoms with Gasteiger partial charge in [0, 0.05) is 35.2 Å². The number of likely N-dealkylation sites (N-methyl/N-ethyl adjacent to an activating group) is 1. The predicted molar refractivity (Wildman–Crippen MR) is 74.3 cm³/mol. The van der Waals surface area contributed by atoms with Crippen LogP contribution in [0.2, 0.25) is 0 Å². The summed E-state index contributed by atoms with van der Waals surface area (Å²) in [6, 6.07) is 6.41. The molecule has 1 aromatic heterocycles. The van der Waals surface area contributed by atoms with Crippen molar-refractivity contribution in [3.8, 4) is 16.9 Å². The van der Waals surface area contributed by atoms with E-state index in [0.29, 0.717) is 5.92 Å². The van der Waals surface area contributed by atoms with Crippen molar-refractivity contribution < 1.29 is 4.74 Å². The third-order valence-electron chi connectivity index (χ3n) is 3.39. The molecule has 0 radical (unpaired) electrons. The minimum atomic E-state index is 0.547. The molecule has 2 heterocycles. The molecule has 94 valence electrons. The van der Waals surface area contributed by atoms with Crippen molar-refractivity contribution in [2.45, 2.75) is 12.3 Å². The molecule has 1 aromatic carbocycles. The van der Waals surface area contributed by atoms with Crippen LogP contribution in [0, 0.1) is 0 Å². The molecule has 1 unspecified atom stereocenters. The Morgan fingerprint density at radius 2 is 2.44 bits per heavy atom. The van der Waals surface area contributed by atoms with Gasteiger partial charge in [-0.1, -0.05) is 18.2 Å². The average Bonchev–Trinajstić information content (AvgIpc) is 2.93. The Morgan fingerprint density at radius 1 is 1.50 bits per heavy atom. The fourth-order valence-electron chi connectivity index (χ4n) is 2.52. The van der Waals surface area contributed by atoms with E-state index in [1.807, 2.05) is 13.2 Å². The van der Waals surface area contributed by atoms with E-state index in [4.69, 9.17) is 4.74 Å². The van der Waals surface area contributed by atoms with E-state index in [2.05, 4.69) is 33.3 Å². The van der Waals surface area contributed by atoms with Gasteiger partial charge >= 0.3 is 0 Å². The maximum Gasteiger partial charge on any atom is 0.130 e. The Kier molecular flexibility index (Phi) is 3.30. The lowest BCUT2D eigenvalue weighted by atomic mass is 9.90. The van der Waals surface area contributed by atoms with E-state index in [1.54, 1.807) is 0 Å². The monoisotopic (exact) mass is 260 g/mol. The van der Waals surface area contributed by atoms with Crippen molar-refractivity contribution >= 4 is 11.5 Å². The Bertz CT molecular complexity index is 525. The fourth-order valence-corrected chi connectivity index (χ4v) is 3.06. The number of rotatable bonds is 3. The summed E-state index contributed by atoms with van der Waals surface area (Å²) >= 11 is 1.48. The van der Waals surface area contributed by atoms with Gasteiger partial charge < -0.3 is 10.1 Å². The highest BCUT2D eigenvalue weighted by atomic mass is 32.1. The first-order chi connectivity index (χ1) is 8.90. The summed E-state index contributed by atoms with van der Waals surface area (Å²) in [5.41, 5.74) is 3.64. The number of hydrogen-bond donors (Lipinski definition) is 1. The van der Waals surface area contributed by atoms with Crippen LogP contribution in [0.3, 0.4) is 0 Å². The van der Waals surface area contributed by atoms with Crippen molar-refractivity contribution in [3.05, 3.63) is 35.3 Å². The molecular weight excluding hydrogens is 244 g/mol. The van der Waals surface area contributed by atoms with Crippen LogP contribution in [0.5, 0.6) is 5.75 Å². The van der Waals surface area contributed by atoms with Gasteiger partial charge in [0.1, 0.15) is 5.75 Å². The summed E-state index contributed by atoms with van der Waals surface area (Å²) in [6.45, 7) is 1.80. The normalized spacial score (nSPS) is 18.2. The number of nitrogens with zero attached hydrogens (tertiary/aromatic N) is 1. The lowest BCUT2D eigenvalue weighted by molar-refractivity contribution is 0.267. The van der Waals surface area contributed by atoms with Gasteiger partial charge in [-0.15, -0.1) is 0 Å². The molecule has 3 nitrogen and oxygen atoms in total. The summed E-state index contributed by atoms with van der Waals surface area (Å²) in [5.74, 6) is 1.59. The Labute approximate surface area is 111 Å². The van der Waals surface area contributed by atoms with Crippen LogP contribution in [0.15, 0.2) is 29.8 Å². The van der Waals surface area contributed by atoms with Gasteiger partial charge in [0.05, 0.1) is 6.61 Å². The second kappa shape index (κ2) is 5.08. The molecule has 2 aromatic rings. The van der Waals surface area contributed by atoms with Crippen molar-refractivity contribution in [3.63, 3.8) is 0 Å². The summed E-state index contributed by atoms with van der Waals surface area (Å²) in [4.78, 5) is 0. The van der Waals surface area contributed by atoms with Crippen molar-refractivity contribution in [2.24, 2.45) is 0 Å². The summed E-state index contributed by atoms with van der Waals surface area (Å²) < 4.78 is 10.1. The standard InChI is InChI=1S/C14H16N2OS/c1-15-7-10-5-6-17-14-12(10)3-2-4-13(14)11-8-16-18-9-11/h2-4,8-10,15H,5-7H2,1H3. The van der Waals surface area contributed by atoms with Crippen molar-refractivity contribution in [1.82, 2.24) is 9.69 Å². The molecule has 1 aliphatic heterocycles. The van der Waals surface area contributed by atoms with Crippen molar-refractivity contribution in [2.75, 3.05) is 20.2 Å². The number of aromatic nitrogens is 1. The van der Waals surface area contributed by atoms with Crippen LogP contribution in [0.4, 0.5) is 0 Å². The second-order valence-corrected chi connectivity index (χ2v) is 5.19. The molecule has 0 bridgehead atoms. The van der Waals surface area contributed by atoms with E-state index in [-0.39, 0.29) is 0 Å². The molecule has 0 aliphatic carbocycles. The minimum absolute atomic E-state index is 0.547. The molecule has 0 saturated heterocycles. The average molecular weight is 260 g/mol. The number of benzene rings is 1. The Balaban J connectivity index is 2.06. The maximum atomic E-state index is 5.90. The third kappa shape index (κ3) is 2.02. The SMILES string of the molecule is CNCC1CCOc2c(-c3cnsc3)cccc21. The largest absolute Gasteiger partial charge is 0.493 e. The molecule has 0 amide bonds. The highest BCUT2D eigenvalue weighted by Crippen LogP contribution is 2.40. The molecule has 0 saturated carbocycles. The van der Waals surface area contributed by atoms with E-state index in [1.165, 1.54) is 22.7 Å². The van der Waals surface area contributed by atoms with E-state index in [0.717, 1.165) is 30.9 Å².